The van der Waals surface area contributed by atoms with Crippen molar-refractivity contribution in [2.24, 2.45) is 11.8 Å². The van der Waals surface area contributed by atoms with Crippen molar-refractivity contribution < 1.29 is 14.6 Å². The summed E-state index contributed by atoms with van der Waals surface area (Å²) in [7, 11) is 0. The molecule has 2 aliphatic rings. The number of amides is 1. The molecule has 1 saturated heterocycles. The van der Waals surface area contributed by atoms with Crippen molar-refractivity contribution in [1.29, 1.82) is 0 Å². The van der Waals surface area contributed by atoms with Gasteiger partial charge >= 0.3 is 6.09 Å². The lowest BCUT2D eigenvalue weighted by molar-refractivity contribution is 0.00962. The molecule has 1 amide bonds. The molecule has 134 valence electrons. The van der Waals surface area contributed by atoms with Crippen molar-refractivity contribution in [2.75, 3.05) is 19.6 Å². The Balaban J connectivity index is 1.92. The molecule has 2 N–H and O–H groups in total. The molecular weight excluding hydrogens is 292 g/mol. The Morgan fingerprint density at radius 3 is 2.39 bits per heavy atom. The maximum absolute atomic E-state index is 12.3. The zero-order valence-corrected chi connectivity index (χ0v) is 15.4. The van der Waals surface area contributed by atoms with E-state index in [9.17, 15) is 9.90 Å². The Labute approximate surface area is 140 Å². The molecular formula is C18H34N2O3. The molecule has 5 nitrogen and oxygen atoms in total. The fourth-order valence-corrected chi connectivity index (χ4v) is 3.19. The van der Waals surface area contributed by atoms with Gasteiger partial charge in [-0.1, -0.05) is 12.8 Å². The first-order chi connectivity index (χ1) is 10.5. The number of ether oxygens (including phenoxy) is 1. The SMILES string of the molecule is CC(C)(O)CNC1CCN(C(=O)OC(C)(C)C)CC1CC1CC1. The van der Waals surface area contributed by atoms with E-state index in [1.54, 1.807) is 0 Å². The average molecular weight is 326 g/mol. The molecule has 2 fully saturated rings. The summed E-state index contributed by atoms with van der Waals surface area (Å²) in [5.41, 5.74) is -1.15. The number of carbonyl (C=O) groups is 1. The number of hydrogen-bond acceptors (Lipinski definition) is 4. The number of likely N-dealkylation sites (tertiary alicyclic amines) is 1. The van der Waals surface area contributed by atoms with Crippen LogP contribution in [-0.4, -0.2) is 53.0 Å². The number of carbonyl (C=O) groups excluding carboxylic acids is 1. The first kappa shape index (κ1) is 18.5. The van der Waals surface area contributed by atoms with Crippen molar-refractivity contribution in [3.63, 3.8) is 0 Å². The van der Waals surface area contributed by atoms with Gasteiger partial charge in [-0.15, -0.1) is 0 Å². The minimum atomic E-state index is -0.702. The third kappa shape index (κ3) is 6.68. The van der Waals surface area contributed by atoms with E-state index >= 15 is 0 Å². The molecule has 2 unspecified atom stereocenters. The fraction of sp³-hybridized carbons (Fsp3) is 0.944. The Morgan fingerprint density at radius 1 is 1.22 bits per heavy atom. The smallest absolute Gasteiger partial charge is 0.410 e. The molecule has 0 radical (unpaired) electrons. The quantitative estimate of drug-likeness (QED) is 0.815. The second-order valence-corrected chi connectivity index (χ2v) is 8.95. The molecule has 1 aliphatic heterocycles. The van der Waals surface area contributed by atoms with Crippen LogP contribution in [0.1, 0.15) is 60.3 Å². The Kier molecular flexibility index (Phi) is 5.62. The van der Waals surface area contributed by atoms with Gasteiger partial charge in [0, 0.05) is 25.7 Å². The van der Waals surface area contributed by atoms with Gasteiger partial charge < -0.3 is 20.1 Å². The lowest BCUT2D eigenvalue weighted by Gasteiger charge is -2.40. The molecule has 5 heteroatoms. The third-order valence-corrected chi connectivity index (χ3v) is 4.52. The Bertz CT molecular complexity index is 407. The van der Waals surface area contributed by atoms with Crippen LogP contribution in [0.15, 0.2) is 0 Å². The van der Waals surface area contributed by atoms with Gasteiger partial charge in [0.2, 0.25) is 0 Å². The van der Waals surface area contributed by atoms with Crippen molar-refractivity contribution in [3.05, 3.63) is 0 Å². The number of aliphatic hydroxyl groups is 1. The van der Waals surface area contributed by atoms with E-state index < -0.39 is 11.2 Å². The van der Waals surface area contributed by atoms with E-state index in [0.717, 1.165) is 25.4 Å². The molecule has 0 aromatic carbocycles. The summed E-state index contributed by atoms with van der Waals surface area (Å²) in [4.78, 5) is 14.2. The zero-order chi connectivity index (χ0) is 17.3. The molecule has 1 aliphatic carbocycles. The maximum Gasteiger partial charge on any atom is 0.410 e. The van der Waals surface area contributed by atoms with Gasteiger partial charge in [-0.05, 0) is 59.3 Å². The van der Waals surface area contributed by atoms with Crippen LogP contribution in [0.25, 0.3) is 0 Å². The predicted octanol–water partition coefficient (Wildman–Crippen LogP) is 2.77. The molecule has 0 aromatic heterocycles. The van der Waals surface area contributed by atoms with Gasteiger partial charge in [-0.25, -0.2) is 4.79 Å². The number of hydrogen-bond donors (Lipinski definition) is 2. The first-order valence-electron chi connectivity index (χ1n) is 8.97. The minimum Gasteiger partial charge on any atom is -0.444 e. The Morgan fingerprint density at radius 2 is 1.87 bits per heavy atom. The van der Waals surface area contributed by atoms with E-state index in [0.29, 0.717) is 18.5 Å². The van der Waals surface area contributed by atoms with Crippen LogP contribution >= 0.6 is 0 Å². The molecule has 0 bridgehead atoms. The van der Waals surface area contributed by atoms with Crippen LogP contribution in [0.3, 0.4) is 0 Å². The number of nitrogens with zero attached hydrogens (tertiary/aromatic N) is 1. The standard InChI is InChI=1S/C18H34N2O3/c1-17(2,3)23-16(21)20-9-8-15(19-12-18(4,5)22)14(11-20)10-13-6-7-13/h13-15,19,22H,6-12H2,1-5H3. The van der Waals surface area contributed by atoms with Crippen molar-refractivity contribution in [1.82, 2.24) is 10.2 Å². The molecule has 23 heavy (non-hydrogen) atoms. The summed E-state index contributed by atoms with van der Waals surface area (Å²) in [6.07, 6.45) is 4.54. The van der Waals surface area contributed by atoms with Gasteiger partial charge in [0.15, 0.2) is 0 Å². The Hall–Kier alpha value is -0.810. The van der Waals surface area contributed by atoms with Gasteiger partial charge in [0.05, 0.1) is 5.60 Å². The number of nitrogens with one attached hydrogen (secondary N) is 1. The molecule has 0 spiro atoms. The average Bonchev–Trinajstić information content (AvgIpc) is 3.18. The monoisotopic (exact) mass is 326 g/mol. The van der Waals surface area contributed by atoms with E-state index in [1.807, 2.05) is 39.5 Å². The van der Waals surface area contributed by atoms with Gasteiger partial charge in [0.1, 0.15) is 5.60 Å². The largest absolute Gasteiger partial charge is 0.444 e. The van der Waals surface area contributed by atoms with E-state index in [2.05, 4.69) is 5.32 Å². The third-order valence-electron chi connectivity index (χ3n) is 4.52. The number of piperidine rings is 1. The first-order valence-corrected chi connectivity index (χ1v) is 8.97. The van der Waals surface area contributed by atoms with Gasteiger partial charge in [0.25, 0.3) is 0 Å². The second-order valence-electron chi connectivity index (χ2n) is 8.95. The maximum atomic E-state index is 12.3. The normalized spacial score (nSPS) is 26.3. The highest BCUT2D eigenvalue weighted by Crippen LogP contribution is 2.38. The summed E-state index contributed by atoms with van der Waals surface area (Å²) in [6, 6.07) is 0.376. The fourth-order valence-electron chi connectivity index (χ4n) is 3.19. The lowest BCUT2D eigenvalue weighted by Crippen LogP contribution is -2.54. The minimum absolute atomic E-state index is 0.195. The van der Waals surface area contributed by atoms with Crippen molar-refractivity contribution in [3.8, 4) is 0 Å². The predicted molar refractivity (Wildman–Crippen MR) is 91.3 cm³/mol. The molecule has 2 atom stereocenters. The van der Waals surface area contributed by atoms with Crippen LogP contribution in [0.5, 0.6) is 0 Å². The highest BCUT2D eigenvalue weighted by atomic mass is 16.6. The van der Waals surface area contributed by atoms with Crippen molar-refractivity contribution >= 4 is 6.09 Å². The highest BCUT2D eigenvalue weighted by molar-refractivity contribution is 5.68. The second kappa shape index (κ2) is 6.98. The zero-order valence-electron chi connectivity index (χ0n) is 15.4. The molecule has 2 rings (SSSR count). The molecule has 0 aromatic rings. The summed E-state index contributed by atoms with van der Waals surface area (Å²) in [5.74, 6) is 1.27. The summed E-state index contributed by atoms with van der Waals surface area (Å²) in [6.45, 7) is 11.4. The molecule has 1 heterocycles. The van der Waals surface area contributed by atoms with Gasteiger partial charge in [-0.3, -0.25) is 0 Å². The van der Waals surface area contributed by atoms with Crippen LogP contribution < -0.4 is 5.32 Å². The van der Waals surface area contributed by atoms with Crippen LogP contribution in [0.2, 0.25) is 0 Å². The van der Waals surface area contributed by atoms with E-state index in [1.165, 1.54) is 19.3 Å². The topological polar surface area (TPSA) is 61.8 Å². The summed E-state index contributed by atoms with van der Waals surface area (Å²) >= 11 is 0. The lowest BCUT2D eigenvalue weighted by atomic mass is 9.87. The van der Waals surface area contributed by atoms with Crippen molar-refractivity contribution in [2.45, 2.75) is 77.5 Å². The number of rotatable bonds is 5. The van der Waals surface area contributed by atoms with Crippen LogP contribution in [0, 0.1) is 11.8 Å². The van der Waals surface area contributed by atoms with Crippen LogP contribution in [-0.2, 0) is 4.74 Å². The van der Waals surface area contributed by atoms with E-state index in [-0.39, 0.29) is 6.09 Å². The summed E-state index contributed by atoms with van der Waals surface area (Å²) < 4.78 is 5.52. The summed E-state index contributed by atoms with van der Waals surface area (Å²) in [5, 5.41) is 13.5. The van der Waals surface area contributed by atoms with E-state index in [4.69, 9.17) is 4.74 Å². The highest BCUT2D eigenvalue weighted by Gasteiger charge is 2.37. The van der Waals surface area contributed by atoms with Gasteiger partial charge in [-0.2, -0.15) is 0 Å². The van der Waals surface area contributed by atoms with Crippen LogP contribution in [0.4, 0.5) is 4.79 Å². The molecule has 1 saturated carbocycles.